The fourth-order valence-electron chi connectivity index (χ4n) is 1.89. The molecule has 3 N–H and O–H groups in total. The van der Waals surface area contributed by atoms with Crippen LogP contribution in [0, 0.1) is 10.1 Å². The van der Waals surface area contributed by atoms with E-state index >= 15 is 0 Å². The molecule has 0 aliphatic carbocycles. The summed E-state index contributed by atoms with van der Waals surface area (Å²) in [7, 11) is -3.92. The average molecular weight is 302 g/mol. The van der Waals surface area contributed by atoms with E-state index in [0.29, 0.717) is 0 Å². The van der Waals surface area contributed by atoms with E-state index in [-0.39, 0.29) is 36.9 Å². The van der Waals surface area contributed by atoms with Gasteiger partial charge in [-0.1, -0.05) is 0 Å². The van der Waals surface area contributed by atoms with Crippen molar-refractivity contribution in [2.24, 2.45) is 5.84 Å². The van der Waals surface area contributed by atoms with Crippen molar-refractivity contribution in [2.75, 3.05) is 31.7 Å². The summed E-state index contributed by atoms with van der Waals surface area (Å²) in [6, 6.07) is 3.64. The zero-order valence-electron chi connectivity index (χ0n) is 10.5. The van der Waals surface area contributed by atoms with Crippen LogP contribution in [0.4, 0.5) is 11.4 Å². The zero-order valence-corrected chi connectivity index (χ0v) is 11.3. The highest BCUT2D eigenvalue weighted by Gasteiger charge is 2.32. The fourth-order valence-corrected chi connectivity index (χ4v) is 3.44. The number of nitrogen functional groups attached to an aromatic ring is 1. The third kappa shape index (κ3) is 2.72. The molecule has 9 nitrogen and oxygen atoms in total. The molecule has 0 aromatic heterocycles. The van der Waals surface area contributed by atoms with E-state index in [2.05, 4.69) is 5.43 Å². The van der Waals surface area contributed by atoms with Crippen molar-refractivity contribution in [3.63, 3.8) is 0 Å². The number of sulfonamides is 1. The number of rotatable bonds is 4. The number of hydrogen-bond donors (Lipinski definition) is 2. The minimum Gasteiger partial charge on any atom is -0.379 e. The van der Waals surface area contributed by atoms with Crippen LogP contribution in [0.15, 0.2) is 23.1 Å². The van der Waals surface area contributed by atoms with E-state index in [4.69, 9.17) is 10.6 Å². The molecule has 0 unspecified atom stereocenters. The van der Waals surface area contributed by atoms with Crippen LogP contribution < -0.4 is 11.3 Å². The van der Waals surface area contributed by atoms with Gasteiger partial charge in [0.2, 0.25) is 10.0 Å². The highest BCUT2D eigenvalue weighted by molar-refractivity contribution is 7.89. The Balaban J connectivity index is 2.47. The topological polar surface area (TPSA) is 128 Å². The van der Waals surface area contributed by atoms with E-state index in [1.165, 1.54) is 16.4 Å². The molecular weight excluding hydrogens is 288 g/mol. The number of nitrogens with two attached hydrogens (primary N) is 1. The summed E-state index contributed by atoms with van der Waals surface area (Å²) in [5.74, 6) is 5.17. The molecule has 0 saturated carbocycles. The summed E-state index contributed by atoms with van der Waals surface area (Å²) in [4.78, 5) is 9.96. The molecule has 0 bridgehead atoms. The van der Waals surface area contributed by atoms with Gasteiger partial charge < -0.3 is 10.2 Å². The molecule has 1 aromatic carbocycles. The average Bonchev–Trinajstić information content (AvgIpc) is 2.47. The zero-order chi connectivity index (χ0) is 14.8. The maximum absolute atomic E-state index is 12.4. The Morgan fingerprint density at radius 3 is 2.55 bits per heavy atom. The van der Waals surface area contributed by atoms with Crippen molar-refractivity contribution in [3.8, 4) is 0 Å². The lowest BCUT2D eigenvalue weighted by atomic mass is 10.3. The number of hydrazine groups is 1. The van der Waals surface area contributed by atoms with Crippen molar-refractivity contribution in [1.82, 2.24) is 4.31 Å². The van der Waals surface area contributed by atoms with Gasteiger partial charge in [0.1, 0.15) is 0 Å². The number of morpholine rings is 1. The van der Waals surface area contributed by atoms with Crippen LogP contribution in [-0.2, 0) is 14.8 Å². The smallest absolute Gasteiger partial charge is 0.291 e. The van der Waals surface area contributed by atoms with Gasteiger partial charge in [-0.15, -0.1) is 0 Å². The maximum Gasteiger partial charge on any atom is 0.291 e. The Labute approximate surface area is 115 Å². The van der Waals surface area contributed by atoms with Crippen LogP contribution >= 0.6 is 0 Å². The molecule has 0 amide bonds. The quantitative estimate of drug-likeness (QED) is 0.451. The molecule has 1 fully saturated rings. The summed E-state index contributed by atoms with van der Waals surface area (Å²) in [6.45, 7) is 0.900. The first-order chi connectivity index (χ1) is 9.46. The molecule has 1 aliphatic rings. The predicted octanol–water partition coefficient (Wildman–Crippen LogP) is -0.0987. The van der Waals surface area contributed by atoms with Gasteiger partial charge in [-0.3, -0.25) is 16.0 Å². The molecule has 110 valence electrons. The first-order valence-corrected chi connectivity index (χ1v) is 7.24. The first-order valence-electron chi connectivity index (χ1n) is 5.80. The molecule has 20 heavy (non-hydrogen) atoms. The molecule has 1 saturated heterocycles. The Morgan fingerprint density at radius 2 is 2.00 bits per heavy atom. The summed E-state index contributed by atoms with van der Waals surface area (Å²) in [5, 5.41) is 11.0. The van der Waals surface area contributed by atoms with Gasteiger partial charge in [-0.05, 0) is 12.1 Å². The van der Waals surface area contributed by atoms with E-state index < -0.39 is 20.6 Å². The molecule has 1 heterocycles. The number of benzene rings is 1. The number of hydrogen-bond acceptors (Lipinski definition) is 7. The monoisotopic (exact) mass is 302 g/mol. The maximum atomic E-state index is 12.4. The summed E-state index contributed by atoms with van der Waals surface area (Å²) >= 11 is 0. The lowest BCUT2D eigenvalue weighted by Crippen LogP contribution is -2.40. The number of nitro benzene ring substituents is 1. The van der Waals surface area contributed by atoms with Gasteiger partial charge in [-0.2, -0.15) is 4.31 Å². The largest absolute Gasteiger partial charge is 0.379 e. The first kappa shape index (κ1) is 14.7. The van der Waals surface area contributed by atoms with Crippen LogP contribution in [0.3, 0.4) is 0 Å². The van der Waals surface area contributed by atoms with Gasteiger partial charge in [-0.25, -0.2) is 8.42 Å². The van der Waals surface area contributed by atoms with E-state index in [9.17, 15) is 18.5 Å². The number of anilines is 1. The molecule has 1 aromatic rings. The van der Waals surface area contributed by atoms with Crippen LogP contribution in [0.1, 0.15) is 0 Å². The molecular formula is C10H14N4O5S. The van der Waals surface area contributed by atoms with Gasteiger partial charge >= 0.3 is 0 Å². The van der Waals surface area contributed by atoms with Crippen molar-refractivity contribution in [1.29, 1.82) is 0 Å². The highest BCUT2D eigenvalue weighted by atomic mass is 32.2. The fraction of sp³-hybridized carbons (Fsp3) is 0.400. The second-order valence-corrected chi connectivity index (χ2v) is 6.01. The molecule has 1 aliphatic heterocycles. The van der Waals surface area contributed by atoms with Crippen molar-refractivity contribution >= 4 is 21.4 Å². The standard InChI is InChI=1S/C10H14N4O5S/c11-12-8-1-2-10(9(7-8)14(15)16)20(17,18)13-3-5-19-6-4-13/h1-2,7,12H,3-6,11H2. The lowest BCUT2D eigenvalue weighted by molar-refractivity contribution is -0.387. The van der Waals surface area contributed by atoms with Crippen LogP contribution in [0.2, 0.25) is 0 Å². The van der Waals surface area contributed by atoms with Gasteiger partial charge in [0, 0.05) is 19.2 Å². The second-order valence-electron chi connectivity index (χ2n) is 4.10. The van der Waals surface area contributed by atoms with Gasteiger partial charge in [0.05, 0.1) is 23.8 Å². The van der Waals surface area contributed by atoms with E-state index in [0.717, 1.165) is 6.07 Å². The predicted molar refractivity (Wildman–Crippen MR) is 70.5 cm³/mol. The number of nitro groups is 1. The summed E-state index contributed by atoms with van der Waals surface area (Å²) in [6.07, 6.45) is 0. The van der Waals surface area contributed by atoms with Crippen LogP contribution in [-0.4, -0.2) is 43.9 Å². The molecule has 0 atom stereocenters. The summed E-state index contributed by atoms with van der Waals surface area (Å²) in [5.41, 5.74) is 2.00. The normalized spacial score (nSPS) is 16.9. The number of nitrogens with one attached hydrogen (secondary N) is 1. The van der Waals surface area contributed by atoms with Crippen LogP contribution in [0.25, 0.3) is 0 Å². The Kier molecular flexibility index (Phi) is 4.18. The lowest BCUT2D eigenvalue weighted by Gasteiger charge is -2.25. The minimum atomic E-state index is -3.92. The van der Waals surface area contributed by atoms with E-state index in [1.807, 2.05) is 0 Å². The van der Waals surface area contributed by atoms with Gasteiger partial charge in [0.25, 0.3) is 5.69 Å². The molecule has 0 radical (unpaired) electrons. The minimum absolute atomic E-state index is 0.177. The Hall–Kier alpha value is -1.75. The van der Waals surface area contributed by atoms with Crippen molar-refractivity contribution in [3.05, 3.63) is 28.3 Å². The highest BCUT2D eigenvalue weighted by Crippen LogP contribution is 2.29. The number of nitrogens with zero attached hydrogens (tertiary/aromatic N) is 2. The second kappa shape index (κ2) is 5.71. The van der Waals surface area contributed by atoms with Crippen molar-refractivity contribution in [2.45, 2.75) is 4.90 Å². The third-order valence-electron chi connectivity index (χ3n) is 2.91. The Morgan fingerprint density at radius 1 is 1.35 bits per heavy atom. The Bertz CT molecular complexity index is 612. The molecule has 10 heteroatoms. The number of ether oxygens (including phenoxy) is 1. The SMILES string of the molecule is NNc1ccc(S(=O)(=O)N2CCOCC2)c([N+](=O)[O-])c1. The molecule has 0 spiro atoms. The third-order valence-corrected chi connectivity index (χ3v) is 4.86. The summed E-state index contributed by atoms with van der Waals surface area (Å²) < 4.78 is 31.1. The van der Waals surface area contributed by atoms with E-state index in [1.54, 1.807) is 0 Å². The van der Waals surface area contributed by atoms with Crippen molar-refractivity contribution < 1.29 is 18.1 Å². The molecule has 2 rings (SSSR count). The van der Waals surface area contributed by atoms with Crippen LogP contribution in [0.5, 0.6) is 0 Å². The van der Waals surface area contributed by atoms with Gasteiger partial charge in [0.15, 0.2) is 4.90 Å².